The Kier molecular flexibility index (Phi) is 3.52. The van der Waals surface area contributed by atoms with Crippen molar-refractivity contribution in [2.24, 2.45) is 0 Å². The van der Waals surface area contributed by atoms with Crippen molar-refractivity contribution in [1.82, 2.24) is 10.6 Å². The fourth-order valence-electron chi connectivity index (χ4n) is 2.83. The minimum Gasteiger partial charge on any atom is -0.355 e. The van der Waals surface area contributed by atoms with Crippen molar-refractivity contribution in [3.8, 4) is 11.1 Å². The van der Waals surface area contributed by atoms with E-state index in [0.29, 0.717) is 6.54 Å². The van der Waals surface area contributed by atoms with Crippen LogP contribution in [0.5, 0.6) is 0 Å². The first-order valence-electron chi connectivity index (χ1n) is 6.93. The molecule has 3 heteroatoms. The summed E-state index contributed by atoms with van der Waals surface area (Å²) in [6, 6.07) is 17.2. The molecule has 0 spiro atoms. The van der Waals surface area contributed by atoms with Crippen LogP contribution in [0.15, 0.2) is 48.5 Å². The second-order valence-corrected chi connectivity index (χ2v) is 5.04. The van der Waals surface area contributed by atoms with Gasteiger partial charge in [-0.25, -0.2) is 0 Å². The molecule has 1 aliphatic rings. The van der Waals surface area contributed by atoms with Gasteiger partial charge in [0.2, 0.25) is 5.91 Å². The molecule has 0 aliphatic heterocycles. The molecule has 3 rings (SSSR count). The topological polar surface area (TPSA) is 41.1 Å². The molecule has 0 fully saturated rings. The van der Waals surface area contributed by atoms with Crippen LogP contribution in [0.25, 0.3) is 11.1 Å². The van der Waals surface area contributed by atoms with E-state index in [2.05, 4.69) is 59.2 Å². The zero-order valence-corrected chi connectivity index (χ0v) is 11.5. The summed E-state index contributed by atoms with van der Waals surface area (Å²) in [5.41, 5.74) is 5.24. The number of benzene rings is 2. The minimum absolute atomic E-state index is 0.0130. The van der Waals surface area contributed by atoms with Gasteiger partial charge in [0.1, 0.15) is 0 Å². The summed E-state index contributed by atoms with van der Waals surface area (Å²) in [5, 5.41) is 6.35. The van der Waals surface area contributed by atoms with Gasteiger partial charge in [0.15, 0.2) is 0 Å². The largest absolute Gasteiger partial charge is 0.355 e. The fraction of sp³-hybridized carbons (Fsp3) is 0.235. The van der Waals surface area contributed by atoms with Crippen LogP contribution in [-0.4, -0.2) is 19.0 Å². The van der Waals surface area contributed by atoms with E-state index in [1.54, 1.807) is 6.92 Å². The smallest absolute Gasteiger partial charge is 0.216 e. The van der Waals surface area contributed by atoms with E-state index in [1.165, 1.54) is 22.3 Å². The molecule has 2 aromatic rings. The molecule has 0 atom stereocenters. The van der Waals surface area contributed by atoms with Gasteiger partial charge < -0.3 is 10.6 Å². The molecule has 0 aromatic heterocycles. The van der Waals surface area contributed by atoms with Crippen LogP contribution in [0.3, 0.4) is 0 Å². The molecule has 102 valence electrons. The van der Waals surface area contributed by atoms with Crippen molar-refractivity contribution in [3.05, 3.63) is 59.7 Å². The monoisotopic (exact) mass is 266 g/mol. The first-order valence-corrected chi connectivity index (χ1v) is 6.93. The zero-order chi connectivity index (χ0) is 13.9. The maximum absolute atomic E-state index is 10.9. The molecule has 20 heavy (non-hydrogen) atoms. The Labute approximate surface area is 119 Å². The third-order valence-corrected chi connectivity index (χ3v) is 3.68. The van der Waals surface area contributed by atoms with Crippen molar-refractivity contribution >= 4 is 5.91 Å². The highest BCUT2D eigenvalue weighted by molar-refractivity contribution is 5.78. The summed E-state index contributed by atoms with van der Waals surface area (Å²) in [5.74, 6) is 0.0130. The van der Waals surface area contributed by atoms with Gasteiger partial charge in [-0.05, 0) is 22.3 Å². The minimum atomic E-state index is 0.0130. The molecule has 1 amide bonds. The predicted molar refractivity (Wildman–Crippen MR) is 80.4 cm³/mol. The van der Waals surface area contributed by atoms with Crippen molar-refractivity contribution < 1.29 is 4.79 Å². The second-order valence-electron chi connectivity index (χ2n) is 5.04. The first kappa shape index (κ1) is 12.9. The molecule has 0 heterocycles. The van der Waals surface area contributed by atoms with E-state index < -0.39 is 0 Å². The quantitative estimate of drug-likeness (QED) is 0.835. The van der Waals surface area contributed by atoms with E-state index in [0.717, 1.165) is 6.54 Å². The maximum Gasteiger partial charge on any atom is 0.216 e. The van der Waals surface area contributed by atoms with Gasteiger partial charge in [0.05, 0.1) is 6.04 Å². The average molecular weight is 266 g/mol. The Morgan fingerprint density at radius 3 is 2.05 bits per heavy atom. The number of carbonyl (C=O) groups excluding carboxylic acids is 1. The van der Waals surface area contributed by atoms with Gasteiger partial charge in [-0.1, -0.05) is 48.5 Å². The van der Waals surface area contributed by atoms with Crippen LogP contribution in [-0.2, 0) is 4.79 Å². The summed E-state index contributed by atoms with van der Waals surface area (Å²) < 4.78 is 0. The predicted octanol–water partition coefficient (Wildman–Crippen LogP) is 2.48. The van der Waals surface area contributed by atoms with Gasteiger partial charge >= 0.3 is 0 Å². The zero-order valence-electron chi connectivity index (χ0n) is 11.5. The highest BCUT2D eigenvalue weighted by Crippen LogP contribution is 2.42. The number of fused-ring (bicyclic) bond motifs is 3. The van der Waals surface area contributed by atoms with Crippen molar-refractivity contribution in [2.75, 3.05) is 13.1 Å². The summed E-state index contributed by atoms with van der Waals surface area (Å²) in [6.07, 6.45) is 0. The van der Waals surface area contributed by atoms with E-state index >= 15 is 0 Å². The fourth-order valence-corrected chi connectivity index (χ4v) is 2.83. The Morgan fingerprint density at radius 2 is 1.50 bits per heavy atom. The van der Waals surface area contributed by atoms with Gasteiger partial charge in [-0.2, -0.15) is 0 Å². The van der Waals surface area contributed by atoms with E-state index in [1.807, 2.05) is 0 Å². The van der Waals surface area contributed by atoms with Gasteiger partial charge in [-0.15, -0.1) is 0 Å². The number of nitrogens with one attached hydrogen (secondary N) is 2. The summed E-state index contributed by atoms with van der Waals surface area (Å²) >= 11 is 0. The van der Waals surface area contributed by atoms with Crippen LogP contribution in [0.4, 0.5) is 0 Å². The molecule has 3 nitrogen and oxygen atoms in total. The number of amides is 1. The average Bonchev–Trinajstić information content (AvgIpc) is 2.78. The van der Waals surface area contributed by atoms with Crippen LogP contribution in [0.1, 0.15) is 24.1 Å². The van der Waals surface area contributed by atoms with Gasteiger partial charge in [0.25, 0.3) is 0 Å². The summed E-state index contributed by atoms with van der Waals surface area (Å²) in [7, 11) is 0. The molecule has 0 bridgehead atoms. The third kappa shape index (κ3) is 2.32. The normalized spacial score (nSPS) is 12.8. The lowest BCUT2D eigenvalue weighted by molar-refractivity contribution is -0.118. The van der Waals surface area contributed by atoms with Crippen molar-refractivity contribution in [3.63, 3.8) is 0 Å². The van der Waals surface area contributed by atoms with Gasteiger partial charge in [-0.3, -0.25) is 4.79 Å². The molecule has 0 radical (unpaired) electrons. The number of hydrogen-bond acceptors (Lipinski definition) is 2. The Bertz CT molecular complexity index is 591. The lowest BCUT2D eigenvalue weighted by Crippen LogP contribution is -2.32. The highest BCUT2D eigenvalue weighted by Gasteiger charge is 2.26. The Hall–Kier alpha value is -2.13. The number of hydrogen-bond donors (Lipinski definition) is 2. The second kappa shape index (κ2) is 5.47. The lowest BCUT2D eigenvalue weighted by atomic mass is 10.1. The first-order chi connectivity index (χ1) is 9.77. The lowest BCUT2D eigenvalue weighted by Gasteiger charge is -2.15. The van der Waals surface area contributed by atoms with Crippen LogP contribution >= 0.6 is 0 Å². The van der Waals surface area contributed by atoms with Crippen LogP contribution in [0, 0.1) is 0 Å². The Morgan fingerprint density at radius 1 is 0.950 bits per heavy atom. The molecule has 0 saturated carbocycles. The van der Waals surface area contributed by atoms with Crippen LogP contribution in [0.2, 0.25) is 0 Å². The van der Waals surface area contributed by atoms with Gasteiger partial charge in [0, 0.05) is 20.0 Å². The summed E-state index contributed by atoms with van der Waals surface area (Å²) in [4.78, 5) is 10.9. The molecule has 1 aliphatic carbocycles. The standard InChI is InChI=1S/C17H18N2O/c1-12(20)18-10-11-19-17-15-8-4-2-6-13(15)14-7-3-5-9-16(14)17/h2-9,17,19H,10-11H2,1H3,(H,18,20). The van der Waals surface area contributed by atoms with E-state index in [-0.39, 0.29) is 11.9 Å². The number of rotatable bonds is 4. The van der Waals surface area contributed by atoms with E-state index in [4.69, 9.17) is 0 Å². The molecular weight excluding hydrogens is 248 g/mol. The molecular formula is C17H18N2O. The molecule has 0 unspecified atom stereocenters. The highest BCUT2D eigenvalue weighted by atomic mass is 16.1. The molecule has 2 N–H and O–H groups in total. The van der Waals surface area contributed by atoms with E-state index in [9.17, 15) is 4.79 Å². The maximum atomic E-state index is 10.9. The summed E-state index contributed by atoms with van der Waals surface area (Å²) in [6.45, 7) is 2.95. The third-order valence-electron chi connectivity index (χ3n) is 3.68. The van der Waals surface area contributed by atoms with Crippen molar-refractivity contribution in [1.29, 1.82) is 0 Å². The van der Waals surface area contributed by atoms with Crippen LogP contribution < -0.4 is 10.6 Å². The molecule has 2 aromatic carbocycles. The number of carbonyl (C=O) groups is 1. The van der Waals surface area contributed by atoms with Crippen molar-refractivity contribution in [2.45, 2.75) is 13.0 Å². The Balaban J connectivity index is 1.82. The molecule has 0 saturated heterocycles. The SMILES string of the molecule is CC(=O)NCCNC1c2ccccc2-c2ccccc21.